The van der Waals surface area contributed by atoms with Gasteiger partial charge in [0, 0.05) is 24.9 Å². The molecule has 1 atom stereocenters. The Kier molecular flexibility index (Phi) is 6.84. The van der Waals surface area contributed by atoms with Crippen LogP contribution in [0.5, 0.6) is 0 Å². The van der Waals surface area contributed by atoms with Gasteiger partial charge in [-0.15, -0.1) is 0 Å². The van der Waals surface area contributed by atoms with Gasteiger partial charge in [0.25, 0.3) is 0 Å². The second-order valence-corrected chi connectivity index (χ2v) is 8.10. The van der Waals surface area contributed by atoms with E-state index < -0.39 is 5.41 Å². The van der Waals surface area contributed by atoms with E-state index >= 15 is 0 Å². The van der Waals surface area contributed by atoms with Crippen LogP contribution in [0.4, 0.5) is 0 Å². The van der Waals surface area contributed by atoms with Gasteiger partial charge in [-0.1, -0.05) is 0 Å². The molecule has 0 spiro atoms. The van der Waals surface area contributed by atoms with E-state index in [9.17, 15) is 4.79 Å². The Balaban J connectivity index is 2.59. The van der Waals surface area contributed by atoms with Crippen molar-refractivity contribution in [1.29, 1.82) is 0 Å². The van der Waals surface area contributed by atoms with Crippen LogP contribution in [0.1, 0.15) is 40.5 Å². The molecule has 1 aliphatic rings. The normalized spacial score (nSPS) is 23.0. The number of carbonyl (C=O) groups excluding carboxylic acids is 1. The predicted octanol–water partition coefficient (Wildman–Crippen LogP) is 1.60. The van der Waals surface area contributed by atoms with Crippen LogP contribution in [0.25, 0.3) is 0 Å². The smallest absolute Gasteiger partial charge is 0.227 e. The highest BCUT2D eigenvalue weighted by atomic mass is 32.2. The zero-order valence-electron chi connectivity index (χ0n) is 14.0. The summed E-state index contributed by atoms with van der Waals surface area (Å²) in [5.74, 6) is 2.05. The lowest BCUT2D eigenvalue weighted by atomic mass is 9.93. The molecule has 0 saturated carbocycles. The second kappa shape index (κ2) is 7.92. The maximum Gasteiger partial charge on any atom is 0.227 e. The number of rotatable bonds is 6. The Morgan fingerprint density at radius 1 is 1.38 bits per heavy atom. The molecule has 1 unspecified atom stereocenters. The highest BCUT2D eigenvalue weighted by Gasteiger charge is 2.30. The maximum absolute atomic E-state index is 11.8. The molecule has 1 saturated heterocycles. The Labute approximate surface area is 133 Å². The largest absolute Gasteiger partial charge is 0.359 e. The lowest BCUT2D eigenvalue weighted by Gasteiger charge is -2.25. The first-order chi connectivity index (χ1) is 9.83. The first-order valence-electron chi connectivity index (χ1n) is 7.71. The molecule has 0 aliphatic carbocycles. The van der Waals surface area contributed by atoms with Crippen molar-refractivity contribution in [2.75, 3.05) is 32.4 Å². The standard InChI is InChI=1S/C15H30N4OS/c1-6-17-13(18-10-14(2,3)12(20)16-5)19-11-15(4)8-7-9-21-15/h6-11H2,1-5H3,(H,16,20)(H2,17,18,19). The molecule has 1 fully saturated rings. The van der Waals surface area contributed by atoms with Crippen molar-refractivity contribution in [3.63, 3.8) is 0 Å². The zero-order chi connectivity index (χ0) is 15.9. The van der Waals surface area contributed by atoms with Crippen molar-refractivity contribution in [1.82, 2.24) is 16.0 Å². The minimum absolute atomic E-state index is 0.0143. The molecule has 1 heterocycles. The minimum atomic E-state index is -0.497. The number of carbonyl (C=O) groups is 1. The van der Waals surface area contributed by atoms with Gasteiger partial charge in [-0.05, 0) is 46.3 Å². The van der Waals surface area contributed by atoms with Gasteiger partial charge in [-0.25, -0.2) is 0 Å². The lowest BCUT2D eigenvalue weighted by molar-refractivity contribution is -0.128. The molecular formula is C15H30N4OS. The summed E-state index contributed by atoms with van der Waals surface area (Å²) in [7, 11) is 1.66. The van der Waals surface area contributed by atoms with Crippen molar-refractivity contribution in [3.05, 3.63) is 0 Å². The quantitative estimate of drug-likeness (QED) is 0.515. The van der Waals surface area contributed by atoms with E-state index in [4.69, 9.17) is 0 Å². The van der Waals surface area contributed by atoms with Gasteiger partial charge in [0.1, 0.15) is 0 Å². The molecule has 122 valence electrons. The molecule has 0 radical (unpaired) electrons. The minimum Gasteiger partial charge on any atom is -0.359 e. The SMILES string of the molecule is CCNC(=NCC(C)(C)C(=O)NC)NCC1(C)CCCS1. The monoisotopic (exact) mass is 314 g/mol. The predicted molar refractivity (Wildman–Crippen MR) is 91.9 cm³/mol. The number of amides is 1. The lowest BCUT2D eigenvalue weighted by Crippen LogP contribution is -2.45. The number of nitrogens with zero attached hydrogens (tertiary/aromatic N) is 1. The van der Waals surface area contributed by atoms with Crippen LogP contribution in [0.15, 0.2) is 4.99 Å². The van der Waals surface area contributed by atoms with E-state index in [0.717, 1.165) is 19.0 Å². The Morgan fingerprint density at radius 3 is 2.62 bits per heavy atom. The summed E-state index contributed by atoms with van der Waals surface area (Å²) in [6, 6.07) is 0. The van der Waals surface area contributed by atoms with Gasteiger partial charge < -0.3 is 16.0 Å². The summed E-state index contributed by atoms with van der Waals surface area (Å²) in [6.07, 6.45) is 2.54. The summed E-state index contributed by atoms with van der Waals surface area (Å²) < 4.78 is 0.298. The number of hydrogen-bond acceptors (Lipinski definition) is 3. The number of thioether (sulfide) groups is 1. The molecule has 21 heavy (non-hydrogen) atoms. The molecule has 0 aromatic carbocycles. The molecule has 1 aliphatic heterocycles. The first kappa shape index (κ1) is 18.1. The van der Waals surface area contributed by atoms with Crippen LogP contribution in [0.2, 0.25) is 0 Å². The molecular weight excluding hydrogens is 284 g/mol. The summed E-state index contributed by atoms with van der Waals surface area (Å²) in [4.78, 5) is 16.4. The van der Waals surface area contributed by atoms with Crippen LogP contribution < -0.4 is 16.0 Å². The van der Waals surface area contributed by atoms with E-state index in [1.807, 2.05) is 32.5 Å². The number of aliphatic imine (C=N–C) groups is 1. The van der Waals surface area contributed by atoms with E-state index in [1.165, 1.54) is 18.6 Å². The molecule has 1 amide bonds. The van der Waals surface area contributed by atoms with Crippen molar-refractivity contribution in [3.8, 4) is 0 Å². The number of nitrogens with one attached hydrogen (secondary N) is 3. The van der Waals surface area contributed by atoms with Gasteiger partial charge in [-0.2, -0.15) is 11.8 Å². The molecule has 6 heteroatoms. The van der Waals surface area contributed by atoms with Crippen molar-refractivity contribution >= 4 is 23.6 Å². The van der Waals surface area contributed by atoms with E-state index in [2.05, 4.69) is 27.9 Å². The molecule has 0 aromatic rings. The summed E-state index contributed by atoms with van der Waals surface area (Å²) in [5.41, 5.74) is -0.497. The van der Waals surface area contributed by atoms with Crippen molar-refractivity contribution < 1.29 is 4.79 Å². The first-order valence-corrected chi connectivity index (χ1v) is 8.70. The van der Waals surface area contributed by atoms with Crippen LogP contribution in [0.3, 0.4) is 0 Å². The molecule has 0 aromatic heterocycles. The summed E-state index contributed by atoms with van der Waals surface area (Å²) in [5, 5.41) is 9.36. The van der Waals surface area contributed by atoms with Gasteiger partial charge in [-0.3, -0.25) is 9.79 Å². The van der Waals surface area contributed by atoms with E-state index in [-0.39, 0.29) is 5.91 Å². The maximum atomic E-state index is 11.8. The molecule has 3 N–H and O–H groups in total. The fourth-order valence-electron chi connectivity index (χ4n) is 2.28. The Morgan fingerprint density at radius 2 is 2.10 bits per heavy atom. The highest BCUT2D eigenvalue weighted by molar-refractivity contribution is 8.00. The zero-order valence-corrected chi connectivity index (χ0v) is 14.8. The fourth-order valence-corrected chi connectivity index (χ4v) is 3.52. The van der Waals surface area contributed by atoms with Crippen molar-refractivity contribution in [2.24, 2.45) is 10.4 Å². The van der Waals surface area contributed by atoms with E-state index in [0.29, 0.717) is 11.3 Å². The average molecular weight is 314 g/mol. The van der Waals surface area contributed by atoms with Gasteiger partial charge in [0.05, 0.1) is 12.0 Å². The second-order valence-electron chi connectivity index (χ2n) is 6.41. The van der Waals surface area contributed by atoms with Crippen LogP contribution >= 0.6 is 11.8 Å². The van der Waals surface area contributed by atoms with Gasteiger partial charge >= 0.3 is 0 Å². The third-order valence-electron chi connectivity index (χ3n) is 3.75. The Bertz CT molecular complexity index is 376. The van der Waals surface area contributed by atoms with Crippen molar-refractivity contribution in [2.45, 2.75) is 45.3 Å². The van der Waals surface area contributed by atoms with Crippen LogP contribution in [0, 0.1) is 5.41 Å². The van der Waals surface area contributed by atoms with Gasteiger partial charge in [0.2, 0.25) is 5.91 Å². The topological polar surface area (TPSA) is 65.5 Å². The fraction of sp³-hybridized carbons (Fsp3) is 0.867. The average Bonchev–Trinajstić information content (AvgIpc) is 2.88. The third kappa shape index (κ3) is 5.77. The van der Waals surface area contributed by atoms with Crippen LogP contribution in [-0.4, -0.2) is 49.0 Å². The molecule has 1 rings (SSSR count). The molecule has 0 bridgehead atoms. The molecule has 5 nitrogen and oxygen atoms in total. The summed E-state index contributed by atoms with van der Waals surface area (Å²) >= 11 is 2.03. The van der Waals surface area contributed by atoms with Crippen LogP contribution in [-0.2, 0) is 4.79 Å². The van der Waals surface area contributed by atoms with E-state index in [1.54, 1.807) is 7.05 Å². The summed E-state index contributed by atoms with van der Waals surface area (Å²) in [6.45, 7) is 10.4. The highest BCUT2D eigenvalue weighted by Crippen LogP contribution is 2.36. The Hall–Kier alpha value is -0.910. The number of hydrogen-bond donors (Lipinski definition) is 3. The third-order valence-corrected chi connectivity index (χ3v) is 5.29. The van der Waals surface area contributed by atoms with Gasteiger partial charge in [0.15, 0.2) is 5.96 Å². The number of guanidine groups is 1.